The average Bonchev–Trinajstić information content (AvgIpc) is 2.71. The van der Waals surface area contributed by atoms with Gasteiger partial charge in [0.1, 0.15) is 11.1 Å². The van der Waals surface area contributed by atoms with E-state index in [9.17, 15) is 14.4 Å². The molecule has 0 aliphatic heterocycles. The summed E-state index contributed by atoms with van der Waals surface area (Å²) in [7, 11) is 0. The zero-order chi connectivity index (χ0) is 23.3. The Balaban J connectivity index is 1.96. The largest absolute Gasteiger partial charge is 0.338 e. The van der Waals surface area contributed by atoms with Crippen LogP contribution in [0.5, 0.6) is 0 Å². The van der Waals surface area contributed by atoms with E-state index < -0.39 is 17.4 Å². The Morgan fingerprint density at radius 1 is 1.06 bits per heavy atom. The Morgan fingerprint density at radius 3 is 2.34 bits per heavy atom. The van der Waals surface area contributed by atoms with Crippen molar-refractivity contribution < 1.29 is 9.59 Å². The fraction of sp³-hybridized carbons (Fsp3) is 0.680. The van der Waals surface area contributed by atoms with Crippen LogP contribution in [0.2, 0.25) is 0 Å². The lowest BCUT2D eigenvalue weighted by Gasteiger charge is -2.28. The molecule has 3 rings (SSSR count). The predicted octanol–water partition coefficient (Wildman–Crippen LogP) is 4.06. The summed E-state index contributed by atoms with van der Waals surface area (Å²) in [4.78, 5) is 39.6. The maximum absolute atomic E-state index is 13.6. The molecule has 2 N–H and O–H groups in total. The zero-order valence-corrected chi connectivity index (χ0v) is 20.5. The van der Waals surface area contributed by atoms with Crippen molar-refractivity contribution in [2.24, 2.45) is 5.92 Å². The number of hydrogen-bond acceptors (Lipinski definition) is 4. The lowest BCUT2D eigenvalue weighted by Crippen LogP contribution is -2.56. The number of amides is 2. The molecule has 2 aliphatic carbocycles. The second kappa shape index (κ2) is 10.7. The highest BCUT2D eigenvalue weighted by Crippen LogP contribution is 2.27. The van der Waals surface area contributed by atoms with E-state index in [2.05, 4.69) is 10.6 Å². The number of hydrogen-bond donors (Lipinski definition) is 2. The SMILES string of the molecule is CC(=S)NC(=O)C(C)(C)NC(=O)c1cc2c(n(CC3CCCCC3)c1=O)CCCCCC2. The molecule has 2 amide bonds. The van der Waals surface area contributed by atoms with Crippen LogP contribution in [0, 0.1) is 5.92 Å². The van der Waals surface area contributed by atoms with Gasteiger partial charge in [-0.05, 0) is 76.8 Å². The lowest BCUT2D eigenvalue weighted by molar-refractivity contribution is -0.124. The first-order valence-electron chi connectivity index (χ1n) is 12.1. The van der Waals surface area contributed by atoms with Gasteiger partial charge in [0.2, 0.25) is 5.91 Å². The molecule has 7 heteroatoms. The third-order valence-electron chi connectivity index (χ3n) is 6.79. The first kappa shape index (κ1) is 24.6. The van der Waals surface area contributed by atoms with Crippen LogP contribution < -0.4 is 16.2 Å². The van der Waals surface area contributed by atoms with Crippen LogP contribution in [-0.4, -0.2) is 26.9 Å². The molecule has 1 fully saturated rings. The van der Waals surface area contributed by atoms with Crippen LogP contribution in [0.4, 0.5) is 0 Å². The molecule has 6 nitrogen and oxygen atoms in total. The van der Waals surface area contributed by atoms with Crippen molar-refractivity contribution in [1.29, 1.82) is 0 Å². The van der Waals surface area contributed by atoms with Crippen molar-refractivity contribution in [3.63, 3.8) is 0 Å². The minimum absolute atomic E-state index is 0.139. The molecule has 32 heavy (non-hydrogen) atoms. The molecule has 0 unspecified atom stereocenters. The standard InChI is InChI=1S/C25H37N3O3S/c1-17(32)26-24(31)25(2,3)27-22(29)20-15-19-13-9-4-5-10-14-21(19)28(23(20)30)16-18-11-7-6-8-12-18/h15,18H,4-14,16H2,1-3H3,(H,27,29)(H,26,31,32). The Bertz CT molecular complexity index is 929. The number of aromatic nitrogens is 1. The molecule has 0 spiro atoms. The van der Waals surface area contributed by atoms with Gasteiger partial charge in [0.15, 0.2) is 0 Å². The molecule has 1 heterocycles. The van der Waals surface area contributed by atoms with E-state index in [4.69, 9.17) is 12.2 Å². The smallest absolute Gasteiger partial charge is 0.263 e. The third-order valence-corrected chi connectivity index (χ3v) is 6.90. The lowest BCUT2D eigenvalue weighted by atomic mass is 9.88. The quantitative estimate of drug-likeness (QED) is 0.651. The molecule has 1 saturated carbocycles. The van der Waals surface area contributed by atoms with E-state index in [0.717, 1.165) is 49.8 Å². The topological polar surface area (TPSA) is 80.2 Å². The highest BCUT2D eigenvalue weighted by Gasteiger charge is 2.32. The van der Waals surface area contributed by atoms with Gasteiger partial charge in [0.25, 0.3) is 11.5 Å². The van der Waals surface area contributed by atoms with E-state index in [-0.39, 0.29) is 11.1 Å². The minimum Gasteiger partial charge on any atom is -0.338 e. The van der Waals surface area contributed by atoms with Gasteiger partial charge >= 0.3 is 0 Å². The van der Waals surface area contributed by atoms with Crippen LogP contribution in [-0.2, 0) is 24.2 Å². The van der Waals surface area contributed by atoms with Gasteiger partial charge in [0.05, 0.1) is 4.99 Å². The molecule has 0 saturated heterocycles. The van der Waals surface area contributed by atoms with Gasteiger partial charge in [-0.25, -0.2) is 0 Å². The number of aryl methyl sites for hydroxylation is 1. The second-order valence-electron chi connectivity index (χ2n) is 9.95. The number of carbonyl (C=O) groups excluding carboxylic acids is 2. The molecular formula is C25H37N3O3S. The summed E-state index contributed by atoms with van der Waals surface area (Å²) < 4.78 is 1.90. The number of fused-ring (bicyclic) bond motifs is 1. The van der Waals surface area contributed by atoms with Crippen LogP contribution in [0.15, 0.2) is 10.9 Å². The number of nitrogens with zero attached hydrogens (tertiary/aromatic N) is 1. The fourth-order valence-electron chi connectivity index (χ4n) is 4.94. The number of nitrogens with one attached hydrogen (secondary N) is 2. The van der Waals surface area contributed by atoms with E-state index in [0.29, 0.717) is 17.5 Å². The molecule has 0 radical (unpaired) electrons. The second-order valence-corrected chi connectivity index (χ2v) is 10.6. The molecule has 2 aliphatic rings. The van der Waals surface area contributed by atoms with Crippen LogP contribution in [0.25, 0.3) is 0 Å². The maximum atomic E-state index is 13.6. The maximum Gasteiger partial charge on any atom is 0.263 e. The Morgan fingerprint density at radius 2 is 1.69 bits per heavy atom. The highest BCUT2D eigenvalue weighted by atomic mass is 32.1. The van der Waals surface area contributed by atoms with E-state index in [1.54, 1.807) is 26.8 Å². The monoisotopic (exact) mass is 459 g/mol. The van der Waals surface area contributed by atoms with Crippen molar-refractivity contribution >= 4 is 29.0 Å². The molecule has 0 aromatic carbocycles. The van der Waals surface area contributed by atoms with E-state index in [1.165, 1.54) is 32.1 Å². The normalized spacial score (nSPS) is 17.6. The van der Waals surface area contributed by atoms with Crippen LogP contribution in [0.3, 0.4) is 0 Å². The number of rotatable bonds is 5. The molecule has 0 atom stereocenters. The van der Waals surface area contributed by atoms with E-state index in [1.807, 2.05) is 4.57 Å². The first-order valence-corrected chi connectivity index (χ1v) is 12.5. The van der Waals surface area contributed by atoms with Gasteiger partial charge in [-0.2, -0.15) is 0 Å². The zero-order valence-electron chi connectivity index (χ0n) is 19.7. The molecule has 0 bridgehead atoms. The van der Waals surface area contributed by atoms with Gasteiger partial charge < -0.3 is 15.2 Å². The minimum atomic E-state index is -1.19. The van der Waals surface area contributed by atoms with E-state index >= 15 is 0 Å². The summed E-state index contributed by atoms with van der Waals surface area (Å²) >= 11 is 4.96. The molecule has 1 aromatic rings. The van der Waals surface area contributed by atoms with Gasteiger partial charge in [-0.15, -0.1) is 0 Å². The van der Waals surface area contributed by atoms with Crippen molar-refractivity contribution in [1.82, 2.24) is 15.2 Å². The fourth-order valence-corrected chi connectivity index (χ4v) is 5.03. The van der Waals surface area contributed by atoms with Crippen molar-refractivity contribution in [2.75, 3.05) is 0 Å². The molecular weight excluding hydrogens is 422 g/mol. The Kier molecular flexibility index (Phi) is 8.26. The number of carbonyl (C=O) groups is 2. The van der Waals surface area contributed by atoms with Crippen molar-refractivity contribution in [3.05, 3.63) is 33.2 Å². The summed E-state index contributed by atoms with van der Waals surface area (Å²) in [5.74, 6) is -0.409. The van der Waals surface area contributed by atoms with Gasteiger partial charge in [-0.1, -0.05) is 44.3 Å². The molecule has 1 aromatic heterocycles. The summed E-state index contributed by atoms with van der Waals surface area (Å²) in [5, 5.41) is 5.34. The summed E-state index contributed by atoms with van der Waals surface area (Å²) in [5.41, 5.74) is 0.948. The highest BCUT2D eigenvalue weighted by molar-refractivity contribution is 7.80. The Hall–Kier alpha value is -2.02. The van der Waals surface area contributed by atoms with Gasteiger partial charge in [0, 0.05) is 12.2 Å². The number of thiocarbonyl (C=S) groups is 1. The number of pyridine rings is 1. The van der Waals surface area contributed by atoms with Crippen LogP contribution >= 0.6 is 12.2 Å². The van der Waals surface area contributed by atoms with Crippen molar-refractivity contribution in [2.45, 2.75) is 103 Å². The summed E-state index contributed by atoms with van der Waals surface area (Å²) in [6.45, 7) is 5.54. The summed E-state index contributed by atoms with van der Waals surface area (Å²) in [6.07, 6.45) is 12.2. The summed E-state index contributed by atoms with van der Waals surface area (Å²) in [6, 6.07) is 1.79. The van der Waals surface area contributed by atoms with Crippen molar-refractivity contribution in [3.8, 4) is 0 Å². The third kappa shape index (κ3) is 6.06. The predicted molar refractivity (Wildman–Crippen MR) is 131 cm³/mol. The van der Waals surface area contributed by atoms with Crippen LogP contribution in [0.1, 0.15) is 100 Å². The molecule has 176 valence electrons. The average molecular weight is 460 g/mol. The Labute approximate surface area is 196 Å². The first-order chi connectivity index (χ1) is 15.2. The van der Waals surface area contributed by atoms with Gasteiger partial charge in [-0.3, -0.25) is 14.4 Å².